The normalized spacial score (nSPS) is 11.0. The highest BCUT2D eigenvalue weighted by molar-refractivity contribution is 5.83. The van der Waals surface area contributed by atoms with Gasteiger partial charge in [-0.05, 0) is 64.7 Å². The van der Waals surface area contributed by atoms with E-state index in [1.165, 1.54) is 0 Å². The quantitative estimate of drug-likeness (QED) is 0.144. The van der Waals surface area contributed by atoms with Crippen LogP contribution < -0.4 is 0 Å². The van der Waals surface area contributed by atoms with Crippen LogP contribution in [0.2, 0.25) is 0 Å². The molecule has 0 bridgehead atoms. The van der Waals surface area contributed by atoms with Crippen LogP contribution in [0.3, 0.4) is 0 Å². The Balaban J connectivity index is 1.09. The first-order valence-electron chi connectivity index (χ1n) is 19.7. The van der Waals surface area contributed by atoms with Crippen molar-refractivity contribution in [1.82, 2.24) is 34.9 Å². The molecule has 7 aromatic carbocycles. The topological polar surface area (TPSA) is 90.2 Å². The molecule has 0 aliphatic carbocycles. The molecule has 7 heteroatoms. The molecule has 0 amide bonds. The molecular weight excluding hydrogens is 735 g/mol. The third-order valence-electron chi connectivity index (χ3n) is 10.2. The number of hydrogen-bond donors (Lipinski definition) is 0. The standard InChI is InChI=1S/C53H35N7/c1-5-17-36(18-6-1)48-55-49(37-19-7-2-8-20-37)58-52(57-48)42-27-15-25-40(31-42)44-33-45(35-46(34-44)47-29-13-14-30-54-47)41-26-16-28-43(32-41)53-59-50(38-21-9-3-10-22-38)56-51(60-53)39-23-11-4-12-24-39/h1-35H. The highest BCUT2D eigenvalue weighted by atomic mass is 15.0. The van der Waals surface area contributed by atoms with Crippen molar-refractivity contribution in [2.24, 2.45) is 0 Å². The van der Waals surface area contributed by atoms with Gasteiger partial charge in [-0.2, -0.15) is 0 Å². The Bertz CT molecular complexity index is 2770. The summed E-state index contributed by atoms with van der Waals surface area (Å²) in [5.41, 5.74) is 11.4. The Labute approximate surface area is 347 Å². The summed E-state index contributed by atoms with van der Waals surface area (Å²) >= 11 is 0. The van der Waals surface area contributed by atoms with Gasteiger partial charge in [-0.1, -0.05) is 164 Å². The molecule has 10 aromatic rings. The molecule has 3 heterocycles. The van der Waals surface area contributed by atoms with Crippen molar-refractivity contribution >= 4 is 0 Å². The Hall–Kier alpha value is -8.29. The molecule has 0 radical (unpaired) electrons. The van der Waals surface area contributed by atoms with Gasteiger partial charge in [0.1, 0.15) is 0 Å². The van der Waals surface area contributed by atoms with E-state index in [4.69, 9.17) is 34.9 Å². The van der Waals surface area contributed by atoms with Crippen molar-refractivity contribution in [1.29, 1.82) is 0 Å². The van der Waals surface area contributed by atoms with Gasteiger partial charge in [-0.15, -0.1) is 0 Å². The summed E-state index contributed by atoms with van der Waals surface area (Å²) in [5, 5.41) is 0. The first-order valence-corrected chi connectivity index (χ1v) is 19.7. The number of rotatable bonds is 9. The van der Waals surface area contributed by atoms with E-state index in [1.807, 2.05) is 146 Å². The van der Waals surface area contributed by atoms with Gasteiger partial charge in [0.2, 0.25) is 0 Å². The van der Waals surface area contributed by atoms with Crippen LogP contribution in [0.25, 0.3) is 102 Å². The molecular formula is C53H35N7. The fraction of sp³-hybridized carbons (Fsp3) is 0. The van der Waals surface area contributed by atoms with Gasteiger partial charge in [0.15, 0.2) is 34.9 Å². The lowest BCUT2D eigenvalue weighted by atomic mass is 9.93. The lowest BCUT2D eigenvalue weighted by molar-refractivity contribution is 1.07. The SMILES string of the molecule is c1ccc(-c2nc(-c3ccccc3)nc(-c3cccc(-c4cc(-c5cccc(-c6nc(-c7ccccc7)nc(-c7ccccc7)n6)c5)cc(-c5ccccn5)c4)c3)n2)cc1. The summed E-state index contributed by atoms with van der Waals surface area (Å²) < 4.78 is 0. The maximum Gasteiger partial charge on any atom is 0.164 e. The maximum atomic E-state index is 5.01. The molecule has 0 N–H and O–H groups in total. The fourth-order valence-electron chi connectivity index (χ4n) is 7.19. The zero-order valence-electron chi connectivity index (χ0n) is 32.3. The Morgan fingerprint density at radius 3 is 0.833 bits per heavy atom. The summed E-state index contributed by atoms with van der Waals surface area (Å²) in [7, 11) is 0. The minimum absolute atomic E-state index is 0.598. The second-order valence-electron chi connectivity index (χ2n) is 14.3. The molecule has 3 aromatic heterocycles. The van der Waals surface area contributed by atoms with Crippen molar-refractivity contribution in [2.45, 2.75) is 0 Å². The van der Waals surface area contributed by atoms with Crippen LogP contribution in [0, 0.1) is 0 Å². The summed E-state index contributed by atoms with van der Waals surface area (Å²) in [6.07, 6.45) is 1.83. The van der Waals surface area contributed by atoms with Crippen LogP contribution in [0.5, 0.6) is 0 Å². The summed E-state index contributed by atoms with van der Waals surface area (Å²) in [4.78, 5) is 34.6. The van der Waals surface area contributed by atoms with Gasteiger partial charge in [0.25, 0.3) is 0 Å². The number of aromatic nitrogens is 7. The van der Waals surface area contributed by atoms with Crippen LogP contribution in [0.1, 0.15) is 0 Å². The Morgan fingerprint density at radius 2 is 0.483 bits per heavy atom. The van der Waals surface area contributed by atoms with E-state index in [-0.39, 0.29) is 0 Å². The Kier molecular flexibility index (Phi) is 9.79. The molecule has 10 rings (SSSR count). The van der Waals surface area contributed by atoms with Gasteiger partial charge in [-0.3, -0.25) is 4.98 Å². The number of hydrogen-bond acceptors (Lipinski definition) is 7. The molecule has 0 atom stereocenters. The molecule has 60 heavy (non-hydrogen) atoms. The molecule has 0 aliphatic rings. The smallest absolute Gasteiger partial charge is 0.164 e. The molecule has 0 fully saturated rings. The van der Waals surface area contributed by atoms with E-state index >= 15 is 0 Å². The van der Waals surface area contributed by atoms with E-state index in [1.54, 1.807) is 0 Å². The fourth-order valence-corrected chi connectivity index (χ4v) is 7.19. The van der Waals surface area contributed by atoms with Gasteiger partial charge < -0.3 is 0 Å². The minimum Gasteiger partial charge on any atom is -0.256 e. The number of nitrogens with zero attached hydrogens (tertiary/aromatic N) is 7. The highest BCUT2D eigenvalue weighted by Crippen LogP contribution is 2.36. The van der Waals surface area contributed by atoms with E-state index in [0.29, 0.717) is 34.9 Å². The summed E-state index contributed by atoms with van der Waals surface area (Å²) in [6, 6.07) is 69.5. The first-order chi connectivity index (χ1) is 29.7. The monoisotopic (exact) mass is 769 g/mol. The van der Waals surface area contributed by atoms with Crippen molar-refractivity contribution < 1.29 is 0 Å². The van der Waals surface area contributed by atoms with Crippen LogP contribution in [-0.2, 0) is 0 Å². The maximum absolute atomic E-state index is 5.01. The Morgan fingerprint density at radius 1 is 0.200 bits per heavy atom. The van der Waals surface area contributed by atoms with Gasteiger partial charge in [-0.25, -0.2) is 29.9 Å². The van der Waals surface area contributed by atoms with Crippen molar-refractivity contribution in [3.05, 3.63) is 212 Å². The van der Waals surface area contributed by atoms with E-state index in [9.17, 15) is 0 Å². The van der Waals surface area contributed by atoms with Gasteiger partial charge in [0, 0.05) is 45.1 Å². The van der Waals surface area contributed by atoms with E-state index in [0.717, 1.165) is 66.9 Å². The van der Waals surface area contributed by atoms with Crippen LogP contribution >= 0.6 is 0 Å². The van der Waals surface area contributed by atoms with Gasteiger partial charge in [0.05, 0.1) is 5.69 Å². The zero-order chi connectivity index (χ0) is 40.1. The predicted octanol–water partition coefficient (Wildman–Crippen LogP) is 12.5. The highest BCUT2D eigenvalue weighted by Gasteiger charge is 2.16. The second-order valence-corrected chi connectivity index (χ2v) is 14.3. The molecule has 282 valence electrons. The van der Waals surface area contributed by atoms with Gasteiger partial charge >= 0.3 is 0 Å². The molecule has 0 spiro atoms. The molecule has 0 unspecified atom stereocenters. The number of benzene rings is 7. The minimum atomic E-state index is 0.598. The third kappa shape index (κ3) is 7.71. The average Bonchev–Trinajstić information content (AvgIpc) is 3.35. The molecule has 0 aliphatic heterocycles. The predicted molar refractivity (Wildman–Crippen MR) is 240 cm³/mol. The van der Waals surface area contributed by atoms with Crippen LogP contribution in [0.4, 0.5) is 0 Å². The largest absolute Gasteiger partial charge is 0.256 e. The van der Waals surface area contributed by atoms with Crippen molar-refractivity contribution in [2.75, 3.05) is 0 Å². The lowest BCUT2D eigenvalue weighted by Gasteiger charge is -2.13. The average molecular weight is 770 g/mol. The van der Waals surface area contributed by atoms with Crippen LogP contribution in [-0.4, -0.2) is 34.9 Å². The number of pyridine rings is 1. The van der Waals surface area contributed by atoms with Crippen LogP contribution in [0.15, 0.2) is 212 Å². The lowest BCUT2D eigenvalue weighted by Crippen LogP contribution is -2.00. The van der Waals surface area contributed by atoms with E-state index < -0.39 is 0 Å². The summed E-state index contributed by atoms with van der Waals surface area (Å²) in [5.74, 6) is 3.67. The van der Waals surface area contributed by atoms with Crippen molar-refractivity contribution in [3.8, 4) is 102 Å². The molecule has 7 nitrogen and oxygen atoms in total. The van der Waals surface area contributed by atoms with Crippen molar-refractivity contribution in [3.63, 3.8) is 0 Å². The van der Waals surface area contributed by atoms with E-state index in [2.05, 4.69) is 66.7 Å². The first kappa shape index (κ1) is 36.1. The molecule has 0 saturated heterocycles. The third-order valence-corrected chi connectivity index (χ3v) is 10.2. The summed E-state index contributed by atoms with van der Waals surface area (Å²) in [6.45, 7) is 0. The second kappa shape index (κ2) is 16.3. The molecule has 0 saturated carbocycles. The zero-order valence-corrected chi connectivity index (χ0v) is 32.3.